The van der Waals surface area contributed by atoms with Crippen molar-refractivity contribution in [1.82, 2.24) is 25.2 Å². The maximum atomic E-state index is 16.9. The number of fused-ring (bicyclic) bond motifs is 2. The molecule has 212 valence electrons. The van der Waals surface area contributed by atoms with Crippen molar-refractivity contribution < 1.29 is 22.3 Å². The minimum absolute atomic E-state index is 0.0222. The fourth-order valence-corrected chi connectivity index (χ4v) is 6.21. The molecule has 13 heteroatoms. The fraction of sp³-hybridized carbons (Fsp3) is 0.321. The monoisotopic (exact) mass is 581 g/mol. The van der Waals surface area contributed by atoms with E-state index in [1.165, 1.54) is 24.7 Å². The number of benzene rings is 2. The first-order chi connectivity index (χ1) is 19.9. The Kier molecular flexibility index (Phi) is 6.44. The van der Waals surface area contributed by atoms with E-state index in [9.17, 15) is 8.78 Å². The highest BCUT2D eigenvalue weighted by molar-refractivity contribution is 7.22. The van der Waals surface area contributed by atoms with Gasteiger partial charge >= 0.3 is 6.01 Å². The molecule has 0 aliphatic carbocycles. The highest BCUT2D eigenvalue weighted by Crippen LogP contribution is 2.44. The zero-order chi connectivity index (χ0) is 28.2. The van der Waals surface area contributed by atoms with Crippen molar-refractivity contribution in [2.75, 3.05) is 44.3 Å². The van der Waals surface area contributed by atoms with Crippen LogP contribution >= 0.6 is 11.3 Å². The Hall–Kier alpha value is -3.94. The topological polar surface area (TPSA) is 114 Å². The summed E-state index contributed by atoms with van der Waals surface area (Å²) in [5, 5.41) is 7.19. The SMILES string of the molecule is CN1C[C@H](F)C[C@H]1COc1nc(NC2CNC2)c2cc(-c3ccoc3)c(-c3ccc(F)c4sc(N)nc34)c(F)c2n1. The predicted octanol–water partition coefficient (Wildman–Crippen LogP) is 4.83. The van der Waals surface area contributed by atoms with E-state index in [2.05, 4.69) is 25.6 Å². The quantitative estimate of drug-likeness (QED) is 0.249. The molecule has 3 aromatic heterocycles. The molecule has 2 fully saturated rings. The molecule has 0 unspecified atom stereocenters. The third kappa shape index (κ3) is 4.63. The Morgan fingerprint density at radius 1 is 1.17 bits per heavy atom. The summed E-state index contributed by atoms with van der Waals surface area (Å²) in [6.45, 7) is 1.93. The van der Waals surface area contributed by atoms with Crippen LogP contribution in [0.4, 0.5) is 24.1 Å². The Labute approximate surface area is 236 Å². The normalized spacial score (nSPS) is 19.7. The van der Waals surface area contributed by atoms with Gasteiger partial charge in [0.15, 0.2) is 10.9 Å². The smallest absolute Gasteiger partial charge is 0.319 e. The van der Waals surface area contributed by atoms with E-state index in [1.54, 1.807) is 12.1 Å². The van der Waals surface area contributed by atoms with Gasteiger partial charge in [0.25, 0.3) is 0 Å². The molecule has 0 bridgehead atoms. The third-order valence-electron chi connectivity index (χ3n) is 7.69. The molecule has 2 aliphatic rings. The number of rotatable bonds is 7. The second kappa shape index (κ2) is 10.2. The number of furan rings is 1. The van der Waals surface area contributed by atoms with Crippen molar-refractivity contribution in [2.45, 2.75) is 24.7 Å². The number of nitrogens with zero attached hydrogens (tertiary/aromatic N) is 4. The number of halogens is 3. The second-order valence-electron chi connectivity index (χ2n) is 10.4. The van der Waals surface area contributed by atoms with Crippen molar-refractivity contribution in [2.24, 2.45) is 0 Å². The molecule has 2 aromatic carbocycles. The maximum Gasteiger partial charge on any atom is 0.319 e. The number of aromatic nitrogens is 3. The minimum Gasteiger partial charge on any atom is -0.472 e. The third-order valence-corrected chi connectivity index (χ3v) is 8.58. The molecule has 0 spiro atoms. The molecule has 5 heterocycles. The van der Waals surface area contributed by atoms with Crippen molar-refractivity contribution in [1.29, 1.82) is 0 Å². The number of thiazole rings is 1. The summed E-state index contributed by atoms with van der Waals surface area (Å²) in [6, 6.07) is 6.20. The second-order valence-corrected chi connectivity index (χ2v) is 11.5. The Bertz CT molecular complexity index is 1760. The lowest BCUT2D eigenvalue weighted by atomic mass is 9.92. The lowest BCUT2D eigenvalue weighted by Gasteiger charge is -2.29. The summed E-state index contributed by atoms with van der Waals surface area (Å²) >= 11 is 0.998. The van der Waals surface area contributed by atoms with Gasteiger partial charge in [-0.15, -0.1) is 0 Å². The van der Waals surface area contributed by atoms with Gasteiger partial charge in [0.05, 0.1) is 28.8 Å². The first kappa shape index (κ1) is 26.0. The van der Waals surface area contributed by atoms with Gasteiger partial charge < -0.3 is 25.5 Å². The van der Waals surface area contributed by atoms with E-state index in [0.29, 0.717) is 40.9 Å². The minimum atomic E-state index is -0.928. The van der Waals surface area contributed by atoms with E-state index in [1.807, 2.05) is 11.9 Å². The summed E-state index contributed by atoms with van der Waals surface area (Å²) in [5.41, 5.74) is 7.86. The highest BCUT2D eigenvalue weighted by Gasteiger charge is 2.31. The summed E-state index contributed by atoms with van der Waals surface area (Å²) < 4.78 is 57.0. The zero-order valence-electron chi connectivity index (χ0n) is 22.0. The van der Waals surface area contributed by atoms with Gasteiger partial charge in [-0.2, -0.15) is 9.97 Å². The molecular formula is C28H26F3N7O2S. The molecule has 2 saturated heterocycles. The van der Waals surface area contributed by atoms with Gasteiger partial charge in [-0.3, -0.25) is 4.90 Å². The molecule has 2 aliphatic heterocycles. The van der Waals surface area contributed by atoms with Crippen LogP contribution in [0.15, 0.2) is 41.2 Å². The largest absolute Gasteiger partial charge is 0.472 e. The first-order valence-electron chi connectivity index (χ1n) is 13.2. The van der Waals surface area contributed by atoms with Crippen LogP contribution in [0.5, 0.6) is 6.01 Å². The fourth-order valence-electron chi connectivity index (χ4n) is 5.44. The van der Waals surface area contributed by atoms with Crippen LogP contribution in [0.25, 0.3) is 43.4 Å². The Morgan fingerprint density at radius 3 is 2.73 bits per heavy atom. The van der Waals surface area contributed by atoms with Gasteiger partial charge in [-0.05, 0) is 43.3 Å². The number of hydrogen-bond donors (Lipinski definition) is 3. The van der Waals surface area contributed by atoms with Gasteiger partial charge in [-0.1, -0.05) is 11.3 Å². The predicted molar refractivity (Wildman–Crippen MR) is 152 cm³/mol. The number of likely N-dealkylation sites (N-methyl/N-ethyl adjacent to an activating group) is 1. The number of ether oxygens (including phenoxy) is 1. The van der Waals surface area contributed by atoms with Gasteiger partial charge in [0, 0.05) is 47.8 Å². The number of anilines is 2. The first-order valence-corrected chi connectivity index (χ1v) is 14.0. The lowest BCUT2D eigenvalue weighted by Crippen LogP contribution is -2.51. The van der Waals surface area contributed by atoms with Crippen LogP contribution in [0.1, 0.15) is 6.42 Å². The average molecular weight is 582 g/mol. The molecule has 9 nitrogen and oxygen atoms in total. The van der Waals surface area contributed by atoms with Crippen LogP contribution in [0, 0.1) is 11.6 Å². The van der Waals surface area contributed by atoms with E-state index < -0.39 is 17.8 Å². The molecule has 4 N–H and O–H groups in total. The molecular weight excluding hydrogens is 555 g/mol. The van der Waals surface area contributed by atoms with Crippen LogP contribution in [-0.2, 0) is 0 Å². The number of hydrogen-bond acceptors (Lipinski definition) is 10. The summed E-state index contributed by atoms with van der Waals surface area (Å²) in [5.74, 6) is -0.728. The molecule has 41 heavy (non-hydrogen) atoms. The average Bonchev–Trinajstić information content (AvgIpc) is 3.66. The summed E-state index contributed by atoms with van der Waals surface area (Å²) in [7, 11) is 1.84. The van der Waals surface area contributed by atoms with Crippen LogP contribution in [0.3, 0.4) is 0 Å². The number of nitrogens with one attached hydrogen (secondary N) is 2. The molecule has 5 aromatic rings. The molecule has 0 radical (unpaired) electrons. The van der Waals surface area contributed by atoms with Crippen molar-refractivity contribution in [3.05, 3.63) is 48.4 Å². The molecule has 0 amide bonds. The summed E-state index contributed by atoms with van der Waals surface area (Å²) in [6.07, 6.45) is 2.42. The standard InChI is InChI=1S/C28H26F3N7O2S/c1-38-10-14(29)6-16(38)12-40-28-36-23-19(26(37-28)34-15-8-33-9-15)7-18(13-4-5-39-11-13)21(22(23)31)17-2-3-20(30)25-24(17)35-27(32)41-25/h2-5,7,11,14-16,33H,6,8-10,12H2,1H3,(H2,32,35)(H,34,36,37)/t14-,16+/m1/s1. The lowest BCUT2D eigenvalue weighted by molar-refractivity contribution is 0.188. The van der Waals surface area contributed by atoms with Gasteiger partial charge in [-0.25, -0.2) is 18.2 Å². The number of nitrogen functional groups attached to an aromatic ring is 1. The molecule has 2 atom stereocenters. The maximum absolute atomic E-state index is 16.9. The number of nitrogens with two attached hydrogens (primary N) is 1. The van der Waals surface area contributed by atoms with Crippen LogP contribution in [0.2, 0.25) is 0 Å². The van der Waals surface area contributed by atoms with E-state index in [0.717, 1.165) is 24.4 Å². The van der Waals surface area contributed by atoms with Crippen LogP contribution < -0.4 is 21.1 Å². The van der Waals surface area contributed by atoms with Crippen LogP contribution in [-0.4, -0.2) is 71.4 Å². The highest BCUT2D eigenvalue weighted by atomic mass is 32.1. The Morgan fingerprint density at radius 2 is 2.02 bits per heavy atom. The van der Waals surface area contributed by atoms with Gasteiger partial charge in [0.1, 0.15) is 29.9 Å². The number of likely N-dealkylation sites (tertiary alicyclic amines) is 1. The molecule has 0 saturated carbocycles. The van der Waals surface area contributed by atoms with E-state index in [4.69, 9.17) is 14.9 Å². The summed E-state index contributed by atoms with van der Waals surface area (Å²) in [4.78, 5) is 15.3. The van der Waals surface area contributed by atoms with Crippen molar-refractivity contribution in [3.8, 4) is 28.3 Å². The van der Waals surface area contributed by atoms with Crippen molar-refractivity contribution >= 4 is 43.4 Å². The zero-order valence-corrected chi connectivity index (χ0v) is 22.8. The van der Waals surface area contributed by atoms with Gasteiger partial charge in [0.2, 0.25) is 0 Å². The van der Waals surface area contributed by atoms with E-state index in [-0.39, 0.29) is 51.1 Å². The number of alkyl halides is 1. The van der Waals surface area contributed by atoms with E-state index >= 15 is 4.39 Å². The van der Waals surface area contributed by atoms with Crippen molar-refractivity contribution in [3.63, 3.8) is 0 Å². The Balaban J connectivity index is 1.42. The molecule has 7 rings (SSSR count).